The highest BCUT2D eigenvalue weighted by Crippen LogP contribution is 2.72. The predicted octanol–water partition coefficient (Wildman–Crippen LogP) is 2.93. The first kappa shape index (κ1) is 37.5. The number of ether oxygens (including phenoxy) is 3. The summed E-state index contributed by atoms with van der Waals surface area (Å²) in [6.45, 7) is 6.15. The molecule has 0 aromatic carbocycles. The molecular formula is C33H45ClN2O12. The Hall–Kier alpha value is -3.36. The number of Topliss-reactive ketones (excluding diaryl/α,β-unsaturated/α-hetero) is 1. The van der Waals surface area contributed by atoms with E-state index in [4.69, 9.17) is 31.5 Å². The van der Waals surface area contributed by atoms with E-state index in [-0.39, 0.29) is 56.5 Å². The molecule has 15 heteroatoms. The van der Waals surface area contributed by atoms with E-state index in [2.05, 4.69) is 4.84 Å². The van der Waals surface area contributed by atoms with Crippen molar-refractivity contribution in [3.63, 3.8) is 0 Å². The number of rotatable bonds is 14. The van der Waals surface area contributed by atoms with Gasteiger partial charge >= 0.3 is 17.9 Å². The van der Waals surface area contributed by atoms with Crippen molar-refractivity contribution in [1.29, 1.82) is 0 Å². The second kappa shape index (κ2) is 14.2. The van der Waals surface area contributed by atoms with Crippen LogP contribution >= 0.6 is 11.6 Å². The van der Waals surface area contributed by atoms with Crippen LogP contribution in [0.15, 0.2) is 23.8 Å². The van der Waals surface area contributed by atoms with E-state index in [1.165, 1.54) is 6.08 Å². The van der Waals surface area contributed by atoms with E-state index in [1.807, 2.05) is 13.8 Å². The number of allylic oxidation sites excluding steroid dienone is 4. The molecule has 0 aromatic heterocycles. The van der Waals surface area contributed by atoms with Crippen molar-refractivity contribution in [3.05, 3.63) is 33.9 Å². The van der Waals surface area contributed by atoms with Gasteiger partial charge in [-0.05, 0) is 62.5 Å². The Morgan fingerprint density at radius 3 is 2.50 bits per heavy atom. The summed E-state index contributed by atoms with van der Waals surface area (Å²) in [7, 11) is 0. The summed E-state index contributed by atoms with van der Waals surface area (Å²) in [4.78, 5) is 77.5. The average molecular weight is 697 g/mol. The Bertz CT molecular complexity index is 1400. The zero-order valence-corrected chi connectivity index (χ0v) is 28.5. The molecule has 3 fully saturated rings. The lowest BCUT2D eigenvalue weighted by Crippen LogP contribution is -2.69. The normalized spacial score (nSPS) is 35.6. The van der Waals surface area contributed by atoms with Gasteiger partial charge in [0.1, 0.15) is 6.04 Å². The number of esters is 3. The maximum atomic E-state index is 14.3. The lowest BCUT2D eigenvalue weighted by molar-refractivity contribution is -0.757. The lowest BCUT2D eigenvalue weighted by Gasteiger charge is -2.64. The van der Waals surface area contributed by atoms with Gasteiger partial charge in [0, 0.05) is 23.2 Å². The first-order valence-electron chi connectivity index (χ1n) is 16.4. The molecule has 0 spiro atoms. The fourth-order valence-corrected chi connectivity index (χ4v) is 9.37. The number of carbonyl (C=O) groups is 5. The molecule has 3 N–H and O–H groups in total. The molecule has 0 radical (unpaired) electrons. The van der Waals surface area contributed by atoms with Crippen molar-refractivity contribution < 1.29 is 53.2 Å². The number of alkyl halides is 1. The Labute approximate surface area is 283 Å². The van der Waals surface area contributed by atoms with Crippen molar-refractivity contribution in [3.8, 4) is 0 Å². The lowest BCUT2D eigenvalue weighted by atomic mass is 9.45. The molecule has 266 valence electrons. The number of aliphatic hydroxyl groups excluding tert-OH is 1. The van der Waals surface area contributed by atoms with Crippen LogP contribution in [0.25, 0.3) is 0 Å². The molecule has 4 rings (SSSR count). The van der Waals surface area contributed by atoms with Gasteiger partial charge in [0.15, 0.2) is 18.0 Å². The van der Waals surface area contributed by atoms with Gasteiger partial charge in [-0.15, -0.1) is 21.7 Å². The van der Waals surface area contributed by atoms with E-state index in [0.717, 1.165) is 5.57 Å². The molecule has 14 nitrogen and oxygen atoms in total. The third kappa shape index (κ3) is 6.38. The summed E-state index contributed by atoms with van der Waals surface area (Å²) in [5.41, 5.74) is 3.02. The van der Waals surface area contributed by atoms with Crippen molar-refractivity contribution in [2.45, 2.75) is 102 Å². The average Bonchev–Trinajstić information content (AvgIpc) is 3.24. The Morgan fingerprint density at radius 1 is 1.15 bits per heavy atom. The topological polar surface area (TPSA) is 212 Å². The zero-order chi connectivity index (χ0) is 35.7. The van der Waals surface area contributed by atoms with E-state index in [1.54, 1.807) is 26.0 Å². The molecule has 4 aliphatic carbocycles. The van der Waals surface area contributed by atoms with Crippen LogP contribution in [-0.4, -0.2) is 82.1 Å². The fourth-order valence-electron chi connectivity index (χ4n) is 8.85. The summed E-state index contributed by atoms with van der Waals surface area (Å²) in [5.74, 6) is -4.34. The molecule has 0 aromatic rings. The number of nitrogens with zero attached hydrogens (tertiary/aromatic N) is 1. The minimum Gasteiger partial charge on any atom is -0.465 e. The molecule has 0 aliphatic heterocycles. The summed E-state index contributed by atoms with van der Waals surface area (Å²) in [6, 6.07) is -1.39. The maximum absolute atomic E-state index is 14.3. The molecule has 0 saturated heterocycles. The third-order valence-corrected chi connectivity index (χ3v) is 12.1. The van der Waals surface area contributed by atoms with Crippen LogP contribution in [0.4, 0.5) is 0 Å². The second-order valence-electron chi connectivity index (χ2n) is 13.8. The number of ketones is 2. The van der Waals surface area contributed by atoms with Crippen LogP contribution in [0.3, 0.4) is 0 Å². The van der Waals surface area contributed by atoms with Crippen LogP contribution in [-0.2, 0) is 43.0 Å². The van der Waals surface area contributed by atoms with E-state index in [0.29, 0.717) is 19.3 Å². The molecule has 0 amide bonds. The van der Waals surface area contributed by atoms with Crippen LogP contribution in [0.2, 0.25) is 0 Å². The monoisotopic (exact) mass is 696 g/mol. The van der Waals surface area contributed by atoms with Crippen molar-refractivity contribution in [2.75, 3.05) is 19.8 Å². The smallest absolute Gasteiger partial charge is 0.323 e. The van der Waals surface area contributed by atoms with Crippen LogP contribution in [0.1, 0.15) is 79.1 Å². The number of unbranched alkanes of at least 4 members (excludes halogenated alkanes) is 1. The Balaban J connectivity index is 1.49. The molecule has 0 bridgehead atoms. The standard InChI is InChI=1S/C33H45ClN2O12/c1-5-27(40)48-33(26(39)18-46-28(41)16-24(35)29(42)45-12-6-7-13-47-36(43)44)19(2)14-23-22-9-8-20-15-21(37)10-11-30(20,3)32(22,34)25(38)17-31(23,33)4/h10-11,15,19,22-25,38H,5-9,12-14,16-18,35H2,1-4H3/t19-,22?,23?,24?,25-,30-,31-,32-,33-/m0/s1. The van der Waals surface area contributed by atoms with Crippen molar-refractivity contribution in [1.82, 2.24) is 0 Å². The van der Waals surface area contributed by atoms with Gasteiger partial charge in [0.25, 0.3) is 5.09 Å². The van der Waals surface area contributed by atoms with Gasteiger partial charge < -0.3 is 29.9 Å². The van der Waals surface area contributed by atoms with E-state index >= 15 is 0 Å². The van der Waals surface area contributed by atoms with E-state index < -0.39 is 81.2 Å². The van der Waals surface area contributed by atoms with Crippen molar-refractivity contribution >= 4 is 41.1 Å². The minimum atomic E-state index is -1.75. The summed E-state index contributed by atoms with van der Waals surface area (Å²) in [6.07, 6.45) is 5.21. The minimum absolute atomic E-state index is 0.0121. The second-order valence-corrected chi connectivity index (χ2v) is 14.4. The Morgan fingerprint density at radius 2 is 1.83 bits per heavy atom. The highest BCUT2D eigenvalue weighted by atomic mass is 35.5. The molecular weight excluding hydrogens is 652 g/mol. The van der Waals surface area contributed by atoms with Gasteiger partial charge in [-0.1, -0.05) is 39.3 Å². The van der Waals surface area contributed by atoms with Crippen molar-refractivity contribution in [2.24, 2.45) is 34.3 Å². The molecule has 3 unspecified atom stereocenters. The van der Waals surface area contributed by atoms with Gasteiger partial charge in [-0.25, -0.2) is 0 Å². The van der Waals surface area contributed by atoms with Gasteiger partial charge in [0.2, 0.25) is 5.78 Å². The number of carbonyl (C=O) groups excluding carboxylic acids is 5. The summed E-state index contributed by atoms with van der Waals surface area (Å²) in [5, 5.41) is 21.2. The quantitative estimate of drug-likeness (QED) is 0.0669. The maximum Gasteiger partial charge on any atom is 0.323 e. The predicted molar refractivity (Wildman–Crippen MR) is 168 cm³/mol. The van der Waals surface area contributed by atoms with Crippen LogP contribution in [0, 0.1) is 38.7 Å². The molecule has 9 atom stereocenters. The molecule has 3 saturated carbocycles. The highest BCUT2D eigenvalue weighted by molar-refractivity contribution is 6.26. The third-order valence-electron chi connectivity index (χ3n) is 11.2. The number of hydrogen-bond acceptors (Lipinski definition) is 13. The number of nitrogens with two attached hydrogens (primary N) is 1. The number of halogens is 1. The van der Waals surface area contributed by atoms with Gasteiger partial charge in [0.05, 0.1) is 30.6 Å². The summed E-state index contributed by atoms with van der Waals surface area (Å²) < 4.78 is 16.4. The highest BCUT2D eigenvalue weighted by Gasteiger charge is 2.76. The summed E-state index contributed by atoms with van der Waals surface area (Å²) >= 11 is 7.52. The molecule has 4 aliphatic rings. The number of fused-ring (bicyclic) bond motifs is 5. The molecule has 0 heterocycles. The first-order valence-corrected chi connectivity index (χ1v) is 16.8. The van der Waals surface area contributed by atoms with Crippen LogP contribution in [0.5, 0.6) is 0 Å². The first-order chi connectivity index (χ1) is 22.5. The van der Waals surface area contributed by atoms with Gasteiger partial charge in [-0.3, -0.25) is 24.0 Å². The zero-order valence-electron chi connectivity index (χ0n) is 27.7. The Kier molecular flexibility index (Phi) is 11.1. The number of hydrogen-bond donors (Lipinski definition) is 2. The largest absolute Gasteiger partial charge is 0.465 e. The van der Waals surface area contributed by atoms with Crippen LogP contribution < -0.4 is 5.73 Å². The van der Waals surface area contributed by atoms with Gasteiger partial charge in [-0.2, -0.15) is 0 Å². The van der Waals surface area contributed by atoms with E-state index in [9.17, 15) is 39.2 Å². The SMILES string of the molecule is CCC(=O)O[C@]1(C(=O)COC(=O)CC(N)C(=O)OCCCCO[N+](=O)[O-])[C@@H](C)CC2C3CCC4=CC(=O)C=C[C@]4(C)[C@@]3(Cl)[C@@H](O)C[C@@]21C. The number of aliphatic hydroxyl groups is 1. The molecule has 48 heavy (non-hydrogen) atoms. The fraction of sp³-hybridized carbons (Fsp3) is 0.727.